The van der Waals surface area contributed by atoms with Gasteiger partial charge in [-0.05, 0) is 85.9 Å². The van der Waals surface area contributed by atoms with Crippen LogP contribution in [0.15, 0.2) is 0 Å². The van der Waals surface area contributed by atoms with Crippen molar-refractivity contribution in [3.05, 3.63) is 0 Å². The minimum Gasteiger partial charge on any atom is -0.390 e. The molecule has 4 rings (SSSR count). The van der Waals surface area contributed by atoms with Crippen molar-refractivity contribution in [1.82, 2.24) is 0 Å². The fourth-order valence-electron chi connectivity index (χ4n) is 9.68. The molecule has 0 unspecified atom stereocenters. The number of hydrogen-bond donors (Lipinski definition) is 2. The highest BCUT2D eigenvalue weighted by molar-refractivity contribution is 5.17. The van der Waals surface area contributed by atoms with Gasteiger partial charge in [-0.25, -0.2) is 0 Å². The molecule has 0 aromatic rings. The van der Waals surface area contributed by atoms with Gasteiger partial charge in [0.05, 0.1) is 36.9 Å². The van der Waals surface area contributed by atoms with Gasteiger partial charge >= 0.3 is 0 Å². The Morgan fingerprint density at radius 3 is 2.50 bits per heavy atom. The molecule has 0 amide bonds. The molecule has 4 heteroatoms. The van der Waals surface area contributed by atoms with E-state index in [1.165, 1.54) is 44.9 Å². The van der Waals surface area contributed by atoms with Gasteiger partial charge in [0.15, 0.2) is 0 Å². The Bertz CT molecular complexity index is 748. The Hall–Kier alpha value is -0.630. The highest BCUT2D eigenvalue weighted by Gasteiger charge is 2.67. The first-order chi connectivity index (χ1) is 16.1. The minimum absolute atomic E-state index is 0.0472. The van der Waals surface area contributed by atoms with Crippen molar-refractivity contribution in [1.29, 1.82) is 5.26 Å². The number of nitriles is 1. The number of ether oxygens (including phenoxy) is 1. The molecule has 0 heterocycles. The molecule has 10 atom stereocenters. The van der Waals surface area contributed by atoms with Crippen LogP contribution < -0.4 is 0 Å². The van der Waals surface area contributed by atoms with E-state index in [-0.39, 0.29) is 11.5 Å². The van der Waals surface area contributed by atoms with Gasteiger partial charge in [-0.2, -0.15) is 5.26 Å². The van der Waals surface area contributed by atoms with E-state index in [1.807, 2.05) is 0 Å². The molecule has 0 bridgehead atoms. The molecule has 0 saturated heterocycles. The number of aliphatic hydroxyl groups excluding tert-OH is 1. The summed E-state index contributed by atoms with van der Waals surface area (Å²) in [5, 5.41) is 32.3. The Morgan fingerprint density at radius 2 is 1.79 bits per heavy atom. The van der Waals surface area contributed by atoms with Crippen molar-refractivity contribution in [3.63, 3.8) is 0 Å². The molecule has 2 N–H and O–H groups in total. The first-order valence-corrected chi connectivity index (χ1v) is 14.5. The summed E-state index contributed by atoms with van der Waals surface area (Å²) in [6, 6.07) is 2.14. The average molecular weight is 474 g/mol. The zero-order valence-corrected chi connectivity index (χ0v) is 22.6. The molecule has 4 aliphatic rings. The summed E-state index contributed by atoms with van der Waals surface area (Å²) in [5.41, 5.74) is -0.923. The Labute approximate surface area is 208 Å². The second kappa shape index (κ2) is 10.0. The van der Waals surface area contributed by atoms with Gasteiger partial charge in [0.1, 0.15) is 0 Å². The van der Waals surface area contributed by atoms with E-state index < -0.39 is 11.7 Å². The first kappa shape index (κ1) is 26.4. The molecule has 194 valence electrons. The molecule has 4 nitrogen and oxygen atoms in total. The maximum atomic E-state index is 12.0. The minimum atomic E-state index is -1.07. The second-order valence-electron chi connectivity index (χ2n) is 13.6. The quantitative estimate of drug-likeness (QED) is 0.395. The van der Waals surface area contributed by atoms with Crippen LogP contribution in [-0.4, -0.2) is 34.6 Å². The zero-order valence-electron chi connectivity index (χ0n) is 22.6. The molecule has 0 aliphatic heterocycles. The molecule has 4 fully saturated rings. The molecular formula is C30H51NO3. The van der Waals surface area contributed by atoms with Gasteiger partial charge in [-0.1, -0.05) is 53.9 Å². The predicted octanol–water partition coefficient (Wildman–Crippen LogP) is 6.49. The topological polar surface area (TPSA) is 73.5 Å². The lowest BCUT2D eigenvalue weighted by Gasteiger charge is -2.65. The molecule has 34 heavy (non-hydrogen) atoms. The standard InChI is InChI=1S/C30H51NO3/c1-20(2)8-6-9-21(3)24-10-11-25-23-18-27(32)30(33)19-22(34-17-7-16-31)12-15-29(30,5)26(23)13-14-28(24,25)4/h20-27,32-33H,6-15,17-19H2,1-5H3/t21-,22+,23+,24-,25+,26+,27-,28-,29-,30+/m1/s1. The van der Waals surface area contributed by atoms with E-state index in [1.54, 1.807) is 0 Å². The fraction of sp³-hybridized carbons (Fsp3) is 0.967. The fourth-order valence-corrected chi connectivity index (χ4v) is 9.68. The third-order valence-electron chi connectivity index (χ3n) is 11.6. The van der Waals surface area contributed by atoms with Crippen LogP contribution in [-0.2, 0) is 4.74 Å². The summed E-state index contributed by atoms with van der Waals surface area (Å²) in [6.45, 7) is 12.5. The Morgan fingerprint density at radius 1 is 1.03 bits per heavy atom. The summed E-state index contributed by atoms with van der Waals surface area (Å²) in [4.78, 5) is 0. The van der Waals surface area contributed by atoms with Crippen molar-refractivity contribution in [2.45, 2.75) is 129 Å². The van der Waals surface area contributed by atoms with Gasteiger partial charge in [-0.3, -0.25) is 0 Å². The molecule has 0 aromatic carbocycles. The Balaban J connectivity index is 1.48. The molecule has 0 aromatic heterocycles. The molecule has 0 spiro atoms. The molecule has 0 radical (unpaired) electrons. The van der Waals surface area contributed by atoms with E-state index in [9.17, 15) is 10.2 Å². The number of nitrogens with zero attached hydrogens (tertiary/aromatic N) is 1. The molecule has 4 saturated carbocycles. The summed E-state index contributed by atoms with van der Waals surface area (Å²) in [7, 11) is 0. The van der Waals surface area contributed by atoms with Crippen molar-refractivity contribution in [3.8, 4) is 6.07 Å². The summed E-state index contributed by atoms with van der Waals surface area (Å²) >= 11 is 0. The monoisotopic (exact) mass is 473 g/mol. The van der Waals surface area contributed by atoms with Crippen LogP contribution >= 0.6 is 0 Å². The average Bonchev–Trinajstić information content (AvgIpc) is 3.13. The first-order valence-electron chi connectivity index (χ1n) is 14.5. The van der Waals surface area contributed by atoms with Gasteiger partial charge in [0, 0.05) is 11.8 Å². The lowest BCUT2D eigenvalue weighted by molar-refractivity contribution is -0.268. The van der Waals surface area contributed by atoms with Crippen LogP contribution in [0.5, 0.6) is 0 Å². The highest BCUT2D eigenvalue weighted by Crippen LogP contribution is 2.69. The second-order valence-corrected chi connectivity index (χ2v) is 13.6. The van der Waals surface area contributed by atoms with E-state index in [4.69, 9.17) is 10.00 Å². The van der Waals surface area contributed by atoms with Crippen LogP contribution in [0.25, 0.3) is 0 Å². The summed E-state index contributed by atoms with van der Waals surface area (Å²) in [6.07, 6.45) is 11.9. The van der Waals surface area contributed by atoms with Crippen LogP contribution in [0.4, 0.5) is 0 Å². The van der Waals surface area contributed by atoms with Crippen LogP contribution in [0.2, 0.25) is 0 Å². The predicted molar refractivity (Wildman–Crippen MR) is 136 cm³/mol. The van der Waals surface area contributed by atoms with Crippen molar-refractivity contribution < 1.29 is 14.9 Å². The van der Waals surface area contributed by atoms with Crippen molar-refractivity contribution in [2.75, 3.05) is 6.61 Å². The van der Waals surface area contributed by atoms with Crippen molar-refractivity contribution in [2.24, 2.45) is 46.3 Å². The summed E-state index contributed by atoms with van der Waals surface area (Å²) < 4.78 is 5.95. The van der Waals surface area contributed by atoms with E-state index in [0.717, 1.165) is 37.0 Å². The smallest absolute Gasteiger partial charge is 0.0986 e. The lowest BCUT2D eigenvalue weighted by atomic mass is 9.42. The third-order valence-corrected chi connectivity index (χ3v) is 11.6. The van der Waals surface area contributed by atoms with Gasteiger partial charge in [-0.15, -0.1) is 0 Å². The highest BCUT2D eigenvalue weighted by atomic mass is 16.5. The normalized spacial score (nSPS) is 46.9. The molecular weight excluding hydrogens is 422 g/mol. The van der Waals surface area contributed by atoms with Crippen LogP contribution in [0.1, 0.15) is 112 Å². The van der Waals surface area contributed by atoms with Crippen LogP contribution in [0, 0.1) is 57.7 Å². The van der Waals surface area contributed by atoms with Crippen molar-refractivity contribution >= 4 is 0 Å². The lowest BCUT2D eigenvalue weighted by Crippen LogP contribution is -2.68. The zero-order chi connectivity index (χ0) is 24.7. The largest absolute Gasteiger partial charge is 0.390 e. The summed E-state index contributed by atoms with van der Waals surface area (Å²) in [5.74, 6) is 4.10. The molecule has 4 aliphatic carbocycles. The van der Waals surface area contributed by atoms with E-state index in [2.05, 4.69) is 40.7 Å². The number of fused-ring (bicyclic) bond motifs is 5. The number of rotatable bonds is 8. The number of hydrogen-bond acceptors (Lipinski definition) is 4. The maximum absolute atomic E-state index is 12.0. The third kappa shape index (κ3) is 4.37. The maximum Gasteiger partial charge on any atom is 0.0986 e. The van der Waals surface area contributed by atoms with Gasteiger partial charge in [0.2, 0.25) is 0 Å². The van der Waals surface area contributed by atoms with E-state index in [0.29, 0.717) is 42.6 Å². The SMILES string of the molecule is CC(C)CCC[C@@H](C)[C@H]1CC[C@H]2[C@@H]3C[C@@H](O)[C@@]4(O)C[C@@H](OCCC#N)CC[C@]4(C)[C@H]3CC[C@]12C. The van der Waals surface area contributed by atoms with E-state index >= 15 is 0 Å². The van der Waals surface area contributed by atoms with Gasteiger partial charge < -0.3 is 14.9 Å². The Kier molecular flexibility index (Phi) is 7.79. The van der Waals surface area contributed by atoms with Crippen LogP contribution in [0.3, 0.4) is 0 Å². The number of aliphatic hydroxyl groups is 2. The van der Waals surface area contributed by atoms with Gasteiger partial charge in [0.25, 0.3) is 0 Å².